The second-order valence-corrected chi connectivity index (χ2v) is 5.54. The Morgan fingerprint density at radius 1 is 0.905 bits per heavy atom. The number of allylic oxidation sites excluding steroid dienone is 3. The average Bonchev–Trinajstić information content (AvgIpc) is 2.49. The van der Waals surface area contributed by atoms with E-state index in [-0.39, 0.29) is 5.97 Å². The molecule has 0 amide bonds. The van der Waals surface area contributed by atoms with Crippen LogP contribution in [-0.4, -0.2) is 12.6 Å². The fourth-order valence-electron chi connectivity index (χ4n) is 2.17. The first-order valence-corrected chi connectivity index (χ1v) is 8.72. The summed E-state index contributed by atoms with van der Waals surface area (Å²) in [6.07, 6.45) is 19.5. The van der Waals surface area contributed by atoms with Gasteiger partial charge in [0.1, 0.15) is 0 Å². The van der Waals surface area contributed by atoms with E-state index in [1.54, 1.807) is 0 Å². The van der Waals surface area contributed by atoms with Crippen molar-refractivity contribution < 1.29 is 9.53 Å². The van der Waals surface area contributed by atoms with Crippen LogP contribution in [0.4, 0.5) is 0 Å². The SMILES string of the molecule is C=CCCCCCCCC(=O)OCCCCC/C=C\CC. The van der Waals surface area contributed by atoms with E-state index in [9.17, 15) is 4.79 Å². The van der Waals surface area contributed by atoms with Crippen molar-refractivity contribution in [2.45, 2.75) is 84.0 Å². The highest BCUT2D eigenvalue weighted by molar-refractivity contribution is 5.69. The molecule has 0 aliphatic carbocycles. The molecule has 2 nitrogen and oxygen atoms in total. The molecule has 0 saturated heterocycles. The van der Waals surface area contributed by atoms with Crippen LogP contribution < -0.4 is 0 Å². The molecule has 122 valence electrons. The second kappa shape index (κ2) is 17.0. The lowest BCUT2D eigenvalue weighted by atomic mass is 10.1. The summed E-state index contributed by atoms with van der Waals surface area (Å²) < 4.78 is 5.24. The van der Waals surface area contributed by atoms with Crippen molar-refractivity contribution in [3.63, 3.8) is 0 Å². The van der Waals surface area contributed by atoms with Crippen molar-refractivity contribution in [3.05, 3.63) is 24.8 Å². The third kappa shape index (κ3) is 16.9. The Kier molecular flexibility index (Phi) is 16.2. The molecule has 0 radical (unpaired) electrons. The largest absolute Gasteiger partial charge is 0.466 e. The topological polar surface area (TPSA) is 26.3 Å². The van der Waals surface area contributed by atoms with Crippen LogP contribution >= 0.6 is 0 Å². The lowest BCUT2D eigenvalue weighted by Gasteiger charge is -2.04. The first kappa shape index (κ1) is 19.9. The lowest BCUT2D eigenvalue weighted by Crippen LogP contribution is -2.05. The maximum absolute atomic E-state index is 11.5. The van der Waals surface area contributed by atoms with E-state index in [2.05, 4.69) is 25.7 Å². The van der Waals surface area contributed by atoms with Crippen LogP contribution in [-0.2, 0) is 9.53 Å². The number of carbonyl (C=O) groups excluding carboxylic acids is 1. The standard InChI is InChI=1S/C19H34O2/c1-3-5-7-9-11-13-15-17-19(20)21-18-16-14-12-10-8-6-4-2/h3,6,8H,1,4-5,7,9-18H2,2H3/b8-6-. The Balaban J connectivity index is 3.20. The molecular formula is C19H34O2. The summed E-state index contributed by atoms with van der Waals surface area (Å²) >= 11 is 0. The normalized spacial score (nSPS) is 10.9. The molecule has 0 aromatic heterocycles. The smallest absolute Gasteiger partial charge is 0.305 e. The third-order valence-corrected chi connectivity index (χ3v) is 3.47. The Labute approximate surface area is 131 Å². The minimum atomic E-state index is -0.0213. The van der Waals surface area contributed by atoms with Crippen molar-refractivity contribution in [2.24, 2.45) is 0 Å². The zero-order chi connectivity index (χ0) is 15.6. The van der Waals surface area contributed by atoms with E-state index in [4.69, 9.17) is 4.74 Å². The number of carbonyl (C=O) groups is 1. The van der Waals surface area contributed by atoms with Gasteiger partial charge in [-0.1, -0.05) is 44.4 Å². The van der Waals surface area contributed by atoms with Gasteiger partial charge in [-0.3, -0.25) is 4.79 Å². The minimum absolute atomic E-state index is 0.0213. The van der Waals surface area contributed by atoms with Crippen molar-refractivity contribution >= 4 is 5.97 Å². The van der Waals surface area contributed by atoms with Crippen LogP contribution in [0.5, 0.6) is 0 Å². The summed E-state index contributed by atoms with van der Waals surface area (Å²) in [7, 11) is 0. The van der Waals surface area contributed by atoms with Gasteiger partial charge in [0.2, 0.25) is 0 Å². The fraction of sp³-hybridized carbons (Fsp3) is 0.737. The quantitative estimate of drug-likeness (QED) is 0.211. The van der Waals surface area contributed by atoms with Gasteiger partial charge in [0.05, 0.1) is 6.61 Å². The molecule has 0 aliphatic rings. The summed E-state index contributed by atoms with van der Waals surface area (Å²) in [4.78, 5) is 11.5. The molecule has 0 atom stereocenters. The van der Waals surface area contributed by atoms with E-state index in [1.807, 2.05) is 6.08 Å². The van der Waals surface area contributed by atoms with Crippen LogP contribution in [0.3, 0.4) is 0 Å². The van der Waals surface area contributed by atoms with Gasteiger partial charge in [-0.25, -0.2) is 0 Å². The number of ether oxygens (including phenoxy) is 1. The van der Waals surface area contributed by atoms with Crippen LogP contribution in [0.15, 0.2) is 24.8 Å². The Morgan fingerprint density at radius 2 is 1.57 bits per heavy atom. The molecule has 0 N–H and O–H groups in total. The van der Waals surface area contributed by atoms with E-state index < -0.39 is 0 Å². The van der Waals surface area contributed by atoms with Gasteiger partial charge in [0, 0.05) is 6.42 Å². The molecule has 0 spiro atoms. The molecule has 0 fully saturated rings. The maximum atomic E-state index is 11.5. The molecule has 0 aromatic rings. The predicted octanol–water partition coefficient (Wildman–Crippen LogP) is 5.97. The Morgan fingerprint density at radius 3 is 2.33 bits per heavy atom. The Hall–Kier alpha value is -1.05. The molecular weight excluding hydrogens is 260 g/mol. The van der Waals surface area contributed by atoms with Gasteiger partial charge in [0.25, 0.3) is 0 Å². The molecule has 0 aliphatic heterocycles. The molecule has 0 rings (SSSR count). The van der Waals surface area contributed by atoms with E-state index in [0.29, 0.717) is 13.0 Å². The summed E-state index contributed by atoms with van der Waals surface area (Å²) in [6, 6.07) is 0. The molecule has 0 aromatic carbocycles. The highest BCUT2D eigenvalue weighted by Crippen LogP contribution is 2.08. The average molecular weight is 294 g/mol. The third-order valence-electron chi connectivity index (χ3n) is 3.47. The Bertz CT molecular complexity index is 269. The lowest BCUT2D eigenvalue weighted by molar-refractivity contribution is -0.143. The van der Waals surface area contributed by atoms with Gasteiger partial charge in [-0.2, -0.15) is 0 Å². The van der Waals surface area contributed by atoms with Crippen LogP contribution in [0.25, 0.3) is 0 Å². The van der Waals surface area contributed by atoms with Gasteiger partial charge >= 0.3 is 5.97 Å². The number of hydrogen-bond acceptors (Lipinski definition) is 2. The first-order chi connectivity index (χ1) is 10.3. The first-order valence-electron chi connectivity index (χ1n) is 8.72. The van der Waals surface area contributed by atoms with Gasteiger partial charge in [-0.15, -0.1) is 6.58 Å². The van der Waals surface area contributed by atoms with Crippen molar-refractivity contribution in [2.75, 3.05) is 6.61 Å². The summed E-state index contributed by atoms with van der Waals surface area (Å²) in [5.41, 5.74) is 0. The summed E-state index contributed by atoms with van der Waals surface area (Å²) in [5.74, 6) is -0.0213. The molecule has 0 bridgehead atoms. The van der Waals surface area contributed by atoms with Crippen molar-refractivity contribution in [3.8, 4) is 0 Å². The zero-order valence-electron chi connectivity index (χ0n) is 13.9. The van der Waals surface area contributed by atoms with E-state index in [1.165, 1.54) is 25.7 Å². The van der Waals surface area contributed by atoms with E-state index >= 15 is 0 Å². The molecule has 0 unspecified atom stereocenters. The number of hydrogen-bond donors (Lipinski definition) is 0. The fourth-order valence-corrected chi connectivity index (χ4v) is 2.17. The van der Waals surface area contributed by atoms with Gasteiger partial charge < -0.3 is 4.74 Å². The number of rotatable bonds is 15. The highest BCUT2D eigenvalue weighted by Gasteiger charge is 2.02. The highest BCUT2D eigenvalue weighted by atomic mass is 16.5. The van der Waals surface area contributed by atoms with Crippen LogP contribution in [0.1, 0.15) is 84.0 Å². The second-order valence-electron chi connectivity index (χ2n) is 5.54. The molecule has 0 saturated carbocycles. The van der Waals surface area contributed by atoms with Gasteiger partial charge in [-0.05, 0) is 51.4 Å². The number of esters is 1. The summed E-state index contributed by atoms with van der Waals surface area (Å²) in [5, 5.41) is 0. The predicted molar refractivity (Wildman–Crippen MR) is 91.4 cm³/mol. The van der Waals surface area contributed by atoms with Crippen molar-refractivity contribution in [1.29, 1.82) is 0 Å². The minimum Gasteiger partial charge on any atom is -0.466 e. The van der Waals surface area contributed by atoms with Crippen LogP contribution in [0, 0.1) is 0 Å². The van der Waals surface area contributed by atoms with Crippen molar-refractivity contribution in [1.82, 2.24) is 0 Å². The monoisotopic (exact) mass is 294 g/mol. The molecule has 21 heavy (non-hydrogen) atoms. The van der Waals surface area contributed by atoms with Crippen LogP contribution in [0.2, 0.25) is 0 Å². The van der Waals surface area contributed by atoms with E-state index in [0.717, 1.165) is 44.9 Å². The number of unbranched alkanes of at least 4 members (excludes halogenated alkanes) is 8. The van der Waals surface area contributed by atoms with Gasteiger partial charge in [0.15, 0.2) is 0 Å². The molecule has 2 heteroatoms. The summed E-state index contributed by atoms with van der Waals surface area (Å²) in [6.45, 7) is 6.46. The zero-order valence-corrected chi connectivity index (χ0v) is 13.9. The maximum Gasteiger partial charge on any atom is 0.305 e. The molecule has 0 heterocycles.